The number of amides is 1. The number of sulfonamides is 1. The zero-order chi connectivity index (χ0) is 18.2. The van der Waals surface area contributed by atoms with Crippen LogP contribution in [-0.2, 0) is 21.2 Å². The highest BCUT2D eigenvalue weighted by atomic mass is 32.2. The summed E-state index contributed by atoms with van der Waals surface area (Å²) in [7, 11) is -3.75. The average molecular weight is 358 g/mol. The standard InChI is InChI=1S/C19H22N2O3S/c1-13-8-9-17(12-14(13)2)25(23,24)20-15(3)19(22)21-11-10-16-6-4-5-7-18(16)21/h4-9,12,15,20H,10-11H2,1-3H3/t15-/m0/s1. The number of hydrogen-bond donors (Lipinski definition) is 1. The van der Waals surface area contributed by atoms with E-state index in [1.54, 1.807) is 30.0 Å². The molecule has 132 valence electrons. The van der Waals surface area contributed by atoms with Crippen molar-refractivity contribution in [2.24, 2.45) is 0 Å². The third-order valence-corrected chi connectivity index (χ3v) is 6.18. The third-order valence-electron chi connectivity index (χ3n) is 4.64. The molecule has 0 radical (unpaired) electrons. The van der Waals surface area contributed by atoms with Crippen molar-refractivity contribution in [3.8, 4) is 0 Å². The van der Waals surface area contributed by atoms with Crippen LogP contribution in [0.15, 0.2) is 47.4 Å². The summed E-state index contributed by atoms with van der Waals surface area (Å²) < 4.78 is 27.7. The first-order chi connectivity index (χ1) is 11.8. The van der Waals surface area contributed by atoms with E-state index in [2.05, 4.69) is 4.72 Å². The van der Waals surface area contributed by atoms with Crippen LogP contribution in [0, 0.1) is 13.8 Å². The van der Waals surface area contributed by atoms with Crippen LogP contribution in [-0.4, -0.2) is 26.9 Å². The van der Waals surface area contributed by atoms with Gasteiger partial charge in [0, 0.05) is 12.2 Å². The van der Waals surface area contributed by atoms with Gasteiger partial charge in [-0.1, -0.05) is 24.3 Å². The van der Waals surface area contributed by atoms with Crippen molar-refractivity contribution in [3.05, 3.63) is 59.2 Å². The topological polar surface area (TPSA) is 66.5 Å². The molecule has 1 aliphatic rings. The number of anilines is 1. The molecule has 2 aromatic rings. The SMILES string of the molecule is Cc1ccc(S(=O)(=O)N[C@@H](C)C(=O)N2CCc3ccccc32)cc1C. The fourth-order valence-corrected chi connectivity index (χ4v) is 4.31. The van der Waals surface area contributed by atoms with E-state index in [0.29, 0.717) is 6.54 Å². The molecule has 6 heteroatoms. The number of carbonyl (C=O) groups excluding carboxylic acids is 1. The Hall–Kier alpha value is -2.18. The van der Waals surface area contributed by atoms with Gasteiger partial charge in [0.1, 0.15) is 0 Å². The highest BCUT2D eigenvalue weighted by molar-refractivity contribution is 7.89. The van der Waals surface area contributed by atoms with E-state index in [-0.39, 0.29) is 10.8 Å². The highest BCUT2D eigenvalue weighted by Gasteiger charge is 2.30. The Kier molecular flexibility index (Phi) is 4.67. The Balaban J connectivity index is 1.78. The number of rotatable bonds is 4. The summed E-state index contributed by atoms with van der Waals surface area (Å²) in [4.78, 5) is 14.6. The molecule has 0 aromatic heterocycles. The van der Waals surface area contributed by atoms with Crippen molar-refractivity contribution in [2.45, 2.75) is 38.1 Å². The minimum atomic E-state index is -3.75. The summed E-state index contributed by atoms with van der Waals surface area (Å²) in [6, 6.07) is 11.8. The lowest BCUT2D eigenvalue weighted by Crippen LogP contribution is -2.46. The Morgan fingerprint density at radius 3 is 2.56 bits per heavy atom. The fraction of sp³-hybridized carbons (Fsp3) is 0.316. The lowest BCUT2D eigenvalue weighted by Gasteiger charge is -2.22. The molecule has 0 spiro atoms. The Labute approximate surface area is 148 Å². The molecule has 1 amide bonds. The quantitative estimate of drug-likeness (QED) is 0.913. The number of fused-ring (bicyclic) bond motifs is 1. The number of aryl methyl sites for hydroxylation is 2. The van der Waals surface area contributed by atoms with E-state index < -0.39 is 16.1 Å². The lowest BCUT2D eigenvalue weighted by molar-refractivity contribution is -0.119. The second kappa shape index (κ2) is 6.61. The van der Waals surface area contributed by atoms with E-state index in [1.165, 1.54) is 0 Å². The normalized spacial score (nSPS) is 15.1. The fourth-order valence-electron chi connectivity index (χ4n) is 3.03. The van der Waals surface area contributed by atoms with Crippen LogP contribution in [0.25, 0.3) is 0 Å². The van der Waals surface area contributed by atoms with Gasteiger partial charge in [0.15, 0.2) is 0 Å². The molecule has 0 unspecified atom stereocenters. The molecule has 2 aromatic carbocycles. The van der Waals surface area contributed by atoms with E-state index in [4.69, 9.17) is 0 Å². The van der Waals surface area contributed by atoms with Gasteiger partial charge in [0.25, 0.3) is 0 Å². The Morgan fingerprint density at radius 1 is 1.12 bits per heavy atom. The Bertz CT molecular complexity index is 922. The van der Waals surface area contributed by atoms with Gasteiger partial charge in [-0.3, -0.25) is 4.79 Å². The number of benzene rings is 2. The molecular formula is C19H22N2O3S. The first kappa shape index (κ1) is 17.6. The van der Waals surface area contributed by atoms with Crippen molar-refractivity contribution >= 4 is 21.6 Å². The first-order valence-corrected chi connectivity index (χ1v) is 9.77. The van der Waals surface area contributed by atoms with Crippen molar-refractivity contribution in [1.82, 2.24) is 4.72 Å². The molecule has 25 heavy (non-hydrogen) atoms. The van der Waals surface area contributed by atoms with Crippen LogP contribution in [0.1, 0.15) is 23.6 Å². The third kappa shape index (κ3) is 3.45. The van der Waals surface area contributed by atoms with Crippen LogP contribution in [0.2, 0.25) is 0 Å². The van der Waals surface area contributed by atoms with E-state index >= 15 is 0 Å². The van der Waals surface area contributed by atoms with Crippen LogP contribution < -0.4 is 9.62 Å². The van der Waals surface area contributed by atoms with Crippen LogP contribution in [0.3, 0.4) is 0 Å². The molecule has 0 saturated heterocycles. The van der Waals surface area contributed by atoms with Gasteiger partial charge in [-0.15, -0.1) is 0 Å². The maximum Gasteiger partial charge on any atom is 0.244 e. The molecule has 1 heterocycles. The van der Waals surface area contributed by atoms with Crippen LogP contribution in [0.4, 0.5) is 5.69 Å². The van der Waals surface area contributed by atoms with Crippen molar-refractivity contribution in [1.29, 1.82) is 0 Å². The largest absolute Gasteiger partial charge is 0.310 e. The molecule has 5 nitrogen and oxygen atoms in total. The average Bonchev–Trinajstić information content (AvgIpc) is 3.00. The highest BCUT2D eigenvalue weighted by Crippen LogP contribution is 2.28. The van der Waals surface area contributed by atoms with Gasteiger partial charge in [-0.2, -0.15) is 4.72 Å². The second-order valence-corrected chi connectivity index (χ2v) is 8.17. The number of nitrogens with zero attached hydrogens (tertiary/aromatic N) is 1. The minimum Gasteiger partial charge on any atom is -0.310 e. The van der Waals surface area contributed by atoms with Crippen molar-refractivity contribution < 1.29 is 13.2 Å². The van der Waals surface area contributed by atoms with Gasteiger partial charge in [0.05, 0.1) is 10.9 Å². The van der Waals surface area contributed by atoms with Gasteiger partial charge in [0.2, 0.25) is 15.9 Å². The zero-order valence-electron chi connectivity index (χ0n) is 14.6. The monoisotopic (exact) mass is 358 g/mol. The van der Waals surface area contributed by atoms with Crippen molar-refractivity contribution in [2.75, 3.05) is 11.4 Å². The van der Waals surface area contributed by atoms with Gasteiger partial charge in [-0.25, -0.2) is 8.42 Å². The molecule has 1 atom stereocenters. The maximum atomic E-state index is 12.7. The first-order valence-electron chi connectivity index (χ1n) is 8.28. The molecule has 1 N–H and O–H groups in total. The van der Waals surface area contributed by atoms with E-state index in [9.17, 15) is 13.2 Å². The molecule has 0 fully saturated rings. The summed E-state index contributed by atoms with van der Waals surface area (Å²) in [6.45, 7) is 5.95. The molecule has 0 bridgehead atoms. The number of hydrogen-bond acceptors (Lipinski definition) is 3. The van der Waals surface area contributed by atoms with Crippen molar-refractivity contribution in [3.63, 3.8) is 0 Å². The summed E-state index contributed by atoms with van der Waals surface area (Å²) in [5.74, 6) is -0.239. The minimum absolute atomic E-state index is 0.178. The van der Waals surface area contributed by atoms with Gasteiger partial charge >= 0.3 is 0 Å². The zero-order valence-corrected chi connectivity index (χ0v) is 15.4. The molecule has 0 saturated carbocycles. The summed E-state index contributed by atoms with van der Waals surface area (Å²) in [5, 5.41) is 0. The number of para-hydroxylation sites is 1. The predicted octanol–water partition coefficient (Wildman–Crippen LogP) is 2.56. The predicted molar refractivity (Wildman–Crippen MR) is 98.2 cm³/mol. The molecule has 1 aliphatic heterocycles. The van der Waals surface area contributed by atoms with Gasteiger partial charge in [-0.05, 0) is 62.1 Å². The molecule has 0 aliphatic carbocycles. The lowest BCUT2D eigenvalue weighted by atomic mass is 10.1. The Morgan fingerprint density at radius 2 is 1.84 bits per heavy atom. The van der Waals surface area contributed by atoms with Crippen LogP contribution >= 0.6 is 0 Å². The number of nitrogens with one attached hydrogen (secondary N) is 1. The summed E-state index contributed by atoms with van der Waals surface area (Å²) in [6.07, 6.45) is 0.790. The smallest absolute Gasteiger partial charge is 0.244 e. The summed E-state index contributed by atoms with van der Waals surface area (Å²) in [5.41, 5.74) is 3.90. The van der Waals surface area contributed by atoms with Crippen LogP contribution in [0.5, 0.6) is 0 Å². The number of carbonyl (C=O) groups is 1. The summed E-state index contributed by atoms with van der Waals surface area (Å²) >= 11 is 0. The van der Waals surface area contributed by atoms with E-state index in [0.717, 1.165) is 28.8 Å². The second-order valence-electron chi connectivity index (χ2n) is 6.46. The van der Waals surface area contributed by atoms with Gasteiger partial charge < -0.3 is 4.90 Å². The molecule has 3 rings (SSSR count). The molecular weight excluding hydrogens is 336 g/mol. The maximum absolute atomic E-state index is 12.7. The van der Waals surface area contributed by atoms with E-state index in [1.807, 2.05) is 38.1 Å².